The highest BCUT2D eigenvalue weighted by Gasteiger charge is 2.04. The van der Waals surface area contributed by atoms with Crippen molar-refractivity contribution < 1.29 is 13.9 Å². The van der Waals surface area contributed by atoms with Crippen molar-refractivity contribution in [2.45, 2.75) is 6.42 Å². The first-order valence-electron chi connectivity index (χ1n) is 5.18. The average Bonchev–Trinajstić information content (AvgIpc) is 2.31. The SMILES string of the molecule is Cl.NCCCNC(=O)COc1ccc(F)c(Cl)c1. The van der Waals surface area contributed by atoms with Crippen LogP contribution in [0.3, 0.4) is 0 Å². The first kappa shape index (κ1) is 17.0. The van der Waals surface area contributed by atoms with E-state index in [0.29, 0.717) is 25.3 Å². The predicted octanol–water partition coefficient (Wildman–Crippen LogP) is 1.74. The highest BCUT2D eigenvalue weighted by atomic mass is 35.5. The van der Waals surface area contributed by atoms with Crippen LogP contribution in [0, 0.1) is 5.82 Å². The van der Waals surface area contributed by atoms with Gasteiger partial charge in [-0.3, -0.25) is 4.79 Å². The molecule has 0 aliphatic rings. The van der Waals surface area contributed by atoms with Crippen molar-refractivity contribution in [2.75, 3.05) is 19.7 Å². The van der Waals surface area contributed by atoms with Crippen LogP contribution in [0.4, 0.5) is 4.39 Å². The fraction of sp³-hybridized carbons (Fsp3) is 0.364. The van der Waals surface area contributed by atoms with Crippen LogP contribution in [0.5, 0.6) is 5.75 Å². The monoisotopic (exact) mass is 296 g/mol. The Labute approximate surface area is 116 Å². The maximum absolute atomic E-state index is 12.8. The Bertz CT molecular complexity index is 391. The normalized spacial score (nSPS) is 9.50. The first-order chi connectivity index (χ1) is 8.13. The number of nitrogens with one attached hydrogen (secondary N) is 1. The molecule has 1 aromatic carbocycles. The summed E-state index contributed by atoms with van der Waals surface area (Å²) in [6, 6.07) is 3.92. The Kier molecular flexibility index (Phi) is 8.45. The minimum absolute atomic E-state index is 0. The van der Waals surface area contributed by atoms with E-state index in [1.807, 2.05) is 0 Å². The van der Waals surface area contributed by atoms with Crippen LogP contribution >= 0.6 is 24.0 Å². The van der Waals surface area contributed by atoms with E-state index in [0.717, 1.165) is 0 Å². The van der Waals surface area contributed by atoms with Gasteiger partial charge in [-0.15, -0.1) is 12.4 Å². The van der Waals surface area contributed by atoms with Gasteiger partial charge in [0.25, 0.3) is 5.91 Å². The van der Waals surface area contributed by atoms with Crippen LogP contribution in [0.1, 0.15) is 6.42 Å². The number of carbonyl (C=O) groups excluding carboxylic acids is 1. The van der Waals surface area contributed by atoms with Gasteiger partial charge in [-0.2, -0.15) is 0 Å². The van der Waals surface area contributed by atoms with Crippen LogP contribution in [0.25, 0.3) is 0 Å². The van der Waals surface area contributed by atoms with Crippen LogP contribution in [-0.4, -0.2) is 25.6 Å². The van der Waals surface area contributed by atoms with Gasteiger partial charge < -0.3 is 15.8 Å². The number of nitrogens with two attached hydrogens (primary N) is 1. The predicted molar refractivity (Wildman–Crippen MR) is 70.8 cm³/mol. The maximum Gasteiger partial charge on any atom is 0.257 e. The number of amides is 1. The number of halogens is 3. The Morgan fingerprint density at radius 1 is 1.50 bits per heavy atom. The molecule has 1 amide bonds. The van der Waals surface area contributed by atoms with Crippen molar-refractivity contribution >= 4 is 29.9 Å². The van der Waals surface area contributed by atoms with E-state index in [9.17, 15) is 9.18 Å². The molecule has 0 spiro atoms. The van der Waals surface area contributed by atoms with E-state index in [-0.39, 0.29) is 29.9 Å². The van der Waals surface area contributed by atoms with E-state index < -0.39 is 5.82 Å². The van der Waals surface area contributed by atoms with Crippen LogP contribution in [-0.2, 0) is 4.79 Å². The fourth-order valence-corrected chi connectivity index (χ4v) is 1.27. The van der Waals surface area contributed by atoms with Crippen molar-refractivity contribution in [3.63, 3.8) is 0 Å². The molecule has 0 unspecified atom stereocenters. The minimum Gasteiger partial charge on any atom is -0.484 e. The summed E-state index contributed by atoms with van der Waals surface area (Å²) in [5, 5.41) is 2.59. The Morgan fingerprint density at radius 3 is 2.83 bits per heavy atom. The van der Waals surface area contributed by atoms with Gasteiger partial charge in [0.2, 0.25) is 0 Å². The largest absolute Gasteiger partial charge is 0.484 e. The fourth-order valence-electron chi connectivity index (χ4n) is 1.10. The van der Waals surface area contributed by atoms with Gasteiger partial charge in [-0.1, -0.05) is 11.6 Å². The lowest BCUT2D eigenvalue weighted by Crippen LogP contribution is -2.30. The zero-order valence-corrected chi connectivity index (χ0v) is 11.2. The van der Waals surface area contributed by atoms with Crippen molar-refractivity contribution in [3.05, 3.63) is 29.0 Å². The lowest BCUT2D eigenvalue weighted by Gasteiger charge is -2.07. The summed E-state index contributed by atoms with van der Waals surface area (Å²) in [7, 11) is 0. The number of hydrogen-bond donors (Lipinski definition) is 2. The second-order valence-corrected chi connectivity index (χ2v) is 3.76. The molecule has 0 saturated carbocycles. The summed E-state index contributed by atoms with van der Waals surface area (Å²) in [5.41, 5.74) is 5.28. The topological polar surface area (TPSA) is 64.3 Å². The summed E-state index contributed by atoms with van der Waals surface area (Å²) in [6.07, 6.45) is 0.716. The Balaban J connectivity index is 0.00000289. The molecule has 3 N–H and O–H groups in total. The molecule has 7 heteroatoms. The molecule has 0 bridgehead atoms. The Morgan fingerprint density at radius 2 is 2.22 bits per heavy atom. The van der Waals surface area contributed by atoms with Crippen LogP contribution in [0.15, 0.2) is 18.2 Å². The van der Waals surface area contributed by atoms with Crippen molar-refractivity contribution in [2.24, 2.45) is 5.73 Å². The molecule has 0 fully saturated rings. The van der Waals surface area contributed by atoms with E-state index >= 15 is 0 Å². The molecule has 1 aromatic rings. The quantitative estimate of drug-likeness (QED) is 0.786. The number of benzene rings is 1. The van der Waals surface area contributed by atoms with E-state index in [2.05, 4.69) is 5.32 Å². The van der Waals surface area contributed by atoms with E-state index in [4.69, 9.17) is 22.1 Å². The van der Waals surface area contributed by atoms with Gasteiger partial charge in [0.05, 0.1) is 5.02 Å². The van der Waals surface area contributed by atoms with Crippen molar-refractivity contribution in [1.29, 1.82) is 0 Å². The second kappa shape index (κ2) is 8.97. The number of rotatable bonds is 6. The zero-order chi connectivity index (χ0) is 12.7. The average molecular weight is 297 g/mol. The molecule has 18 heavy (non-hydrogen) atoms. The summed E-state index contributed by atoms with van der Waals surface area (Å²) >= 11 is 5.56. The molecular weight excluding hydrogens is 282 g/mol. The van der Waals surface area contributed by atoms with Crippen LogP contribution < -0.4 is 15.8 Å². The van der Waals surface area contributed by atoms with Gasteiger partial charge in [0, 0.05) is 12.6 Å². The molecule has 0 radical (unpaired) electrons. The van der Waals surface area contributed by atoms with Crippen LogP contribution in [0.2, 0.25) is 5.02 Å². The number of hydrogen-bond acceptors (Lipinski definition) is 3. The molecule has 0 aliphatic heterocycles. The third-order valence-electron chi connectivity index (χ3n) is 1.96. The molecule has 102 valence electrons. The summed E-state index contributed by atoms with van der Waals surface area (Å²) in [6.45, 7) is 0.907. The Hall–Kier alpha value is -1.04. The van der Waals surface area contributed by atoms with Gasteiger partial charge >= 0.3 is 0 Å². The zero-order valence-electron chi connectivity index (χ0n) is 9.62. The molecule has 0 aromatic heterocycles. The molecular formula is C11H15Cl2FN2O2. The summed E-state index contributed by atoms with van der Waals surface area (Å²) in [4.78, 5) is 11.3. The molecule has 0 heterocycles. The smallest absolute Gasteiger partial charge is 0.257 e. The lowest BCUT2D eigenvalue weighted by molar-refractivity contribution is -0.123. The van der Waals surface area contributed by atoms with Crippen molar-refractivity contribution in [3.8, 4) is 5.75 Å². The van der Waals surface area contributed by atoms with Crippen molar-refractivity contribution in [1.82, 2.24) is 5.32 Å². The summed E-state index contributed by atoms with van der Waals surface area (Å²) in [5.74, 6) is -0.421. The molecule has 0 aliphatic carbocycles. The lowest BCUT2D eigenvalue weighted by atomic mass is 10.3. The van der Waals surface area contributed by atoms with Gasteiger partial charge in [0.15, 0.2) is 6.61 Å². The molecule has 0 atom stereocenters. The number of carbonyl (C=O) groups is 1. The van der Waals surface area contributed by atoms with Gasteiger partial charge in [-0.05, 0) is 25.1 Å². The molecule has 1 rings (SSSR count). The molecule has 4 nitrogen and oxygen atoms in total. The minimum atomic E-state index is -0.522. The van der Waals surface area contributed by atoms with E-state index in [1.54, 1.807) is 0 Å². The first-order valence-corrected chi connectivity index (χ1v) is 5.56. The maximum atomic E-state index is 12.8. The highest BCUT2D eigenvalue weighted by molar-refractivity contribution is 6.30. The van der Waals surface area contributed by atoms with E-state index in [1.165, 1.54) is 18.2 Å². The standard InChI is InChI=1S/C11H14ClFN2O2.ClH/c12-9-6-8(2-3-10(9)13)17-7-11(16)15-5-1-4-14;/h2-3,6H,1,4-5,7,14H2,(H,15,16);1H. The highest BCUT2D eigenvalue weighted by Crippen LogP contribution is 2.20. The third kappa shape index (κ3) is 6.05. The number of ether oxygens (including phenoxy) is 1. The molecule has 0 saturated heterocycles. The third-order valence-corrected chi connectivity index (χ3v) is 2.25. The second-order valence-electron chi connectivity index (χ2n) is 3.36. The summed E-state index contributed by atoms with van der Waals surface area (Å²) < 4.78 is 18.0. The van der Waals surface area contributed by atoms with Gasteiger partial charge in [0.1, 0.15) is 11.6 Å². The van der Waals surface area contributed by atoms with Gasteiger partial charge in [-0.25, -0.2) is 4.39 Å².